The highest BCUT2D eigenvalue weighted by Gasteiger charge is 2.30. The summed E-state index contributed by atoms with van der Waals surface area (Å²) >= 11 is 0. The van der Waals surface area contributed by atoms with Crippen molar-refractivity contribution in [2.75, 3.05) is 25.0 Å². The van der Waals surface area contributed by atoms with Gasteiger partial charge in [-0.15, -0.1) is 12.8 Å². The first-order valence-electron chi connectivity index (χ1n) is 14.1. The molecule has 0 unspecified atom stereocenters. The highest BCUT2D eigenvalue weighted by molar-refractivity contribution is 5.98. The van der Waals surface area contributed by atoms with Gasteiger partial charge in [0.25, 0.3) is 0 Å². The fourth-order valence-electron chi connectivity index (χ4n) is 3.86. The third-order valence-corrected chi connectivity index (χ3v) is 6.02. The second kappa shape index (κ2) is 17.9. The monoisotopic (exact) mass is 612 g/mol. The van der Waals surface area contributed by atoms with Crippen LogP contribution in [0.1, 0.15) is 58.6 Å². The molecule has 0 saturated carbocycles. The van der Waals surface area contributed by atoms with E-state index in [1.165, 1.54) is 4.90 Å². The van der Waals surface area contributed by atoms with Gasteiger partial charge in [0, 0.05) is 12.2 Å². The number of terminal acetylenes is 2. The number of primary amides is 1. The van der Waals surface area contributed by atoms with Crippen LogP contribution in [-0.4, -0.2) is 72.3 Å². The van der Waals surface area contributed by atoms with E-state index in [4.69, 9.17) is 28.1 Å². The minimum absolute atomic E-state index is 0.0266. The number of aryl methyl sites for hydroxylation is 1. The van der Waals surface area contributed by atoms with Gasteiger partial charge < -0.3 is 36.5 Å². The van der Waals surface area contributed by atoms with Crippen molar-refractivity contribution in [1.82, 2.24) is 20.9 Å². The molecule has 6 N–H and O–H groups in total. The molecular weight excluding hydrogens is 568 g/mol. The van der Waals surface area contributed by atoms with Crippen molar-refractivity contribution < 1.29 is 33.4 Å². The zero-order valence-corrected chi connectivity index (χ0v) is 26.2. The lowest BCUT2D eigenvalue weighted by atomic mass is 10.0. The smallest absolute Gasteiger partial charge is 0.411 e. The van der Waals surface area contributed by atoms with E-state index in [0.717, 1.165) is 5.56 Å². The Hall–Kier alpha value is -4.91. The summed E-state index contributed by atoms with van der Waals surface area (Å²) in [5.74, 6) is 3.18. The molecule has 240 valence electrons. The lowest BCUT2D eigenvalue weighted by molar-refractivity contribution is -0.128. The van der Waals surface area contributed by atoms with E-state index in [1.54, 1.807) is 52.8 Å². The quantitative estimate of drug-likeness (QED) is 0.158. The van der Waals surface area contributed by atoms with Crippen LogP contribution in [0.25, 0.3) is 0 Å². The van der Waals surface area contributed by atoms with Gasteiger partial charge in [0.15, 0.2) is 6.61 Å². The molecular formula is C31H44N6O7. The molecule has 13 heteroatoms. The molecule has 6 amide bonds. The molecule has 2 atom stereocenters. The number of nitrogens with one attached hydrogen (secondary N) is 4. The van der Waals surface area contributed by atoms with Gasteiger partial charge in [-0.25, -0.2) is 14.4 Å². The number of hydrogen-bond acceptors (Lipinski definition) is 7. The minimum Gasteiger partial charge on any atom is -0.444 e. The van der Waals surface area contributed by atoms with Crippen LogP contribution in [0.4, 0.5) is 20.1 Å². The number of ether oxygens (including phenoxy) is 2. The molecule has 0 radical (unpaired) electrons. The largest absolute Gasteiger partial charge is 0.444 e. The zero-order chi connectivity index (χ0) is 33.4. The van der Waals surface area contributed by atoms with E-state index in [0.29, 0.717) is 17.7 Å². The van der Waals surface area contributed by atoms with Gasteiger partial charge in [-0.3, -0.25) is 14.5 Å². The van der Waals surface area contributed by atoms with E-state index >= 15 is 0 Å². The van der Waals surface area contributed by atoms with Gasteiger partial charge in [0.2, 0.25) is 11.8 Å². The molecule has 0 aliphatic heterocycles. The van der Waals surface area contributed by atoms with Crippen molar-refractivity contribution in [3.63, 3.8) is 0 Å². The molecule has 0 saturated heterocycles. The summed E-state index contributed by atoms with van der Waals surface area (Å²) in [5, 5.41) is 10.5. The first-order valence-corrected chi connectivity index (χ1v) is 14.1. The molecule has 0 aromatic heterocycles. The Balaban J connectivity index is 3.17. The van der Waals surface area contributed by atoms with Crippen LogP contribution in [0.2, 0.25) is 0 Å². The molecule has 0 fully saturated rings. The van der Waals surface area contributed by atoms with Gasteiger partial charge in [-0.2, -0.15) is 0 Å². The van der Waals surface area contributed by atoms with Crippen molar-refractivity contribution in [1.29, 1.82) is 0 Å². The number of nitrogens with zero attached hydrogens (tertiary/aromatic N) is 1. The number of anilines is 1. The second-order valence-corrected chi connectivity index (χ2v) is 11.3. The summed E-state index contributed by atoms with van der Waals surface area (Å²) in [7, 11) is 0. The Morgan fingerprint density at radius 2 is 1.73 bits per heavy atom. The average molecular weight is 613 g/mol. The first-order chi connectivity index (χ1) is 20.6. The van der Waals surface area contributed by atoms with Gasteiger partial charge in [0.1, 0.15) is 17.7 Å². The third-order valence-electron chi connectivity index (χ3n) is 6.02. The molecule has 0 spiro atoms. The van der Waals surface area contributed by atoms with E-state index in [9.17, 15) is 24.0 Å². The zero-order valence-electron chi connectivity index (χ0n) is 26.2. The topological polar surface area (TPSA) is 181 Å². The number of nitrogens with two attached hydrogens (primary N) is 1. The van der Waals surface area contributed by atoms with Crippen molar-refractivity contribution in [2.45, 2.75) is 78.6 Å². The summed E-state index contributed by atoms with van der Waals surface area (Å²) in [4.78, 5) is 63.9. The number of carbonyl (C=O) groups excluding carboxylic acids is 5. The van der Waals surface area contributed by atoms with Gasteiger partial charge >= 0.3 is 18.2 Å². The predicted octanol–water partition coefficient (Wildman–Crippen LogP) is 2.62. The molecule has 1 aromatic carbocycles. The molecule has 0 heterocycles. The van der Waals surface area contributed by atoms with Crippen LogP contribution in [0, 0.1) is 37.5 Å². The number of urea groups is 1. The van der Waals surface area contributed by atoms with Crippen molar-refractivity contribution in [3.05, 3.63) is 29.3 Å². The number of hydrogen-bond donors (Lipinski definition) is 5. The molecule has 0 aliphatic rings. The molecule has 0 aliphatic carbocycles. The fourth-order valence-corrected chi connectivity index (χ4v) is 3.86. The molecule has 1 aromatic rings. The van der Waals surface area contributed by atoms with E-state index in [1.807, 2.05) is 6.92 Å². The van der Waals surface area contributed by atoms with Gasteiger partial charge in [-0.05, 0) is 69.7 Å². The van der Waals surface area contributed by atoms with Crippen LogP contribution in [0.3, 0.4) is 0 Å². The fraction of sp³-hybridized carbons (Fsp3) is 0.516. The highest BCUT2D eigenvalue weighted by Crippen LogP contribution is 2.19. The number of rotatable bonds is 14. The molecule has 13 nitrogen and oxygen atoms in total. The van der Waals surface area contributed by atoms with Crippen molar-refractivity contribution in [3.8, 4) is 24.7 Å². The summed E-state index contributed by atoms with van der Waals surface area (Å²) < 4.78 is 10.3. The van der Waals surface area contributed by atoms with E-state index in [2.05, 4.69) is 33.1 Å². The van der Waals surface area contributed by atoms with Crippen LogP contribution in [0.5, 0.6) is 0 Å². The Labute approximate surface area is 259 Å². The van der Waals surface area contributed by atoms with E-state index in [-0.39, 0.29) is 38.6 Å². The summed E-state index contributed by atoms with van der Waals surface area (Å²) in [6.45, 7) is 10.5. The standard InChI is InChI=1S/C31H44N6O7/c1-9-16-37(30(42)43-17-10-2)19-22-18-23(14-13-21(22)5)34-26(38)24(12-11-15-33-28(32)40)35-27(39)25(20(3)4)36-29(41)44-31(6,7)8/h1-2,13-14,18,20,24-25H,11-12,15-17,19H2,3-8H3,(H,34,38)(H,35,39)(H,36,41)(H3,32,33,40)/t24-,25-/m0/s1. The number of amides is 6. The van der Waals surface area contributed by atoms with Gasteiger partial charge in [0.05, 0.1) is 13.1 Å². The maximum Gasteiger partial charge on any atom is 0.411 e. The summed E-state index contributed by atoms with van der Waals surface area (Å²) in [6, 6.07) is 2.36. The average Bonchev–Trinajstić information content (AvgIpc) is 2.92. The summed E-state index contributed by atoms with van der Waals surface area (Å²) in [5.41, 5.74) is 6.27. The summed E-state index contributed by atoms with van der Waals surface area (Å²) in [6.07, 6.45) is 9.60. The Bertz CT molecular complexity index is 1260. The van der Waals surface area contributed by atoms with Crippen molar-refractivity contribution >= 4 is 35.7 Å². The Morgan fingerprint density at radius 3 is 2.30 bits per heavy atom. The highest BCUT2D eigenvalue weighted by atomic mass is 16.6. The predicted molar refractivity (Wildman–Crippen MR) is 166 cm³/mol. The van der Waals surface area contributed by atoms with Crippen LogP contribution in [0.15, 0.2) is 18.2 Å². The van der Waals surface area contributed by atoms with Crippen molar-refractivity contribution in [2.24, 2.45) is 11.7 Å². The maximum atomic E-state index is 13.4. The van der Waals surface area contributed by atoms with E-state index < -0.39 is 47.7 Å². The van der Waals surface area contributed by atoms with Gasteiger partial charge in [-0.1, -0.05) is 31.8 Å². The SMILES string of the molecule is C#CCOC(=O)N(CC#C)Cc1cc(NC(=O)[C@H](CCCNC(N)=O)NC(=O)[C@@H](NC(=O)OC(C)(C)C)C(C)C)ccc1C. The number of alkyl carbamates (subject to hydrolysis) is 1. The first kappa shape index (κ1) is 37.1. The third kappa shape index (κ3) is 13.8. The minimum atomic E-state index is -1.04. The Morgan fingerprint density at radius 1 is 1.05 bits per heavy atom. The van der Waals surface area contributed by atoms with Crippen LogP contribution >= 0.6 is 0 Å². The lowest BCUT2D eigenvalue weighted by Gasteiger charge is -2.27. The maximum absolute atomic E-state index is 13.4. The Kier molecular flexibility index (Phi) is 15.1. The lowest BCUT2D eigenvalue weighted by Crippen LogP contribution is -2.55. The van der Waals surface area contributed by atoms with Crippen LogP contribution in [-0.2, 0) is 25.6 Å². The second-order valence-electron chi connectivity index (χ2n) is 11.3. The molecule has 1 rings (SSSR count). The molecule has 0 bridgehead atoms. The number of benzene rings is 1. The van der Waals surface area contributed by atoms with Crippen LogP contribution < -0.4 is 27.0 Å². The molecule has 44 heavy (non-hydrogen) atoms. The normalized spacial score (nSPS) is 12.0. The number of carbonyl (C=O) groups is 5.